The second-order valence-corrected chi connectivity index (χ2v) is 6.13. The highest BCUT2D eigenvalue weighted by Gasteiger charge is 2.44. The normalized spacial score (nSPS) is 22.7. The topological polar surface area (TPSA) is 35.5 Å². The van der Waals surface area contributed by atoms with Crippen molar-refractivity contribution in [2.45, 2.75) is 39.2 Å². The molecule has 116 valence electrons. The summed E-state index contributed by atoms with van der Waals surface area (Å²) in [6, 6.07) is 6.78. The van der Waals surface area contributed by atoms with Crippen LogP contribution in [0.15, 0.2) is 24.3 Å². The number of hydrogen-bond acceptors (Lipinski definition) is 3. The number of hydrogen-bond donors (Lipinski definition) is 0. The first-order valence-corrected chi connectivity index (χ1v) is 6.58. The molecule has 2 atom stereocenters. The molecule has 0 saturated heterocycles. The Morgan fingerprint density at radius 3 is 2.38 bits per heavy atom. The number of esters is 1. The molecule has 0 N–H and O–H groups in total. The molecule has 0 amide bonds. The highest BCUT2D eigenvalue weighted by Crippen LogP contribution is 2.44. The molecule has 21 heavy (non-hydrogen) atoms. The van der Waals surface area contributed by atoms with Crippen molar-refractivity contribution in [3.8, 4) is 0 Å². The molecule has 0 bridgehead atoms. The van der Waals surface area contributed by atoms with E-state index in [9.17, 15) is 18.0 Å². The predicted octanol–water partition coefficient (Wildman–Crippen LogP) is 3.89. The molecule has 0 aliphatic carbocycles. The Kier molecular flexibility index (Phi) is 4.02. The van der Waals surface area contributed by atoms with Gasteiger partial charge in [-0.05, 0) is 17.0 Å². The van der Waals surface area contributed by atoms with Gasteiger partial charge in [0, 0.05) is 0 Å². The second-order valence-electron chi connectivity index (χ2n) is 6.13. The van der Waals surface area contributed by atoms with Gasteiger partial charge in [-0.3, -0.25) is 0 Å². The van der Waals surface area contributed by atoms with Gasteiger partial charge in [0.15, 0.2) is 0 Å². The van der Waals surface area contributed by atoms with Crippen molar-refractivity contribution in [3.05, 3.63) is 35.4 Å². The van der Waals surface area contributed by atoms with Crippen LogP contribution in [0.3, 0.4) is 0 Å². The molecule has 0 aromatic heterocycles. The molecule has 0 spiro atoms. The van der Waals surface area contributed by atoms with Crippen molar-refractivity contribution in [3.63, 3.8) is 0 Å². The maximum atomic E-state index is 12.4. The van der Waals surface area contributed by atoms with Crippen LogP contribution in [-0.4, -0.2) is 25.0 Å². The van der Waals surface area contributed by atoms with Gasteiger partial charge in [0.1, 0.15) is 6.61 Å². The summed E-state index contributed by atoms with van der Waals surface area (Å²) in [5, 5.41) is 0. The van der Waals surface area contributed by atoms with Crippen molar-refractivity contribution in [1.82, 2.24) is 0 Å². The van der Waals surface area contributed by atoms with Crippen LogP contribution < -0.4 is 0 Å². The van der Waals surface area contributed by atoms with E-state index >= 15 is 0 Å². The van der Waals surface area contributed by atoms with E-state index in [1.165, 1.54) is 0 Å². The highest BCUT2D eigenvalue weighted by molar-refractivity contribution is 5.92. The number of carbonyl (C=O) groups is 1. The van der Waals surface area contributed by atoms with Gasteiger partial charge in [-0.15, -0.1) is 0 Å². The Balaban J connectivity index is 2.36. The average Bonchev–Trinajstić information content (AvgIpc) is 2.34. The van der Waals surface area contributed by atoms with E-state index in [0.29, 0.717) is 11.1 Å². The van der Waals surface area contributed by atoms with Gasteiger partial charge in [-0.2, -0.15) is 13.2 Å². The molecule has 1 aromatic carbocycles. The molecular weight excluding hydrogens is 285 g/mol. The SMILES string of the molecule is CC(C)(C)C1c2ccccc2C(=O)OC1OCC(F)(F)F. The van der Waals surface area contributed by atoms with E-state index in [2.05, 4.69) is 0 Å². The molecule has 6 heteroatoms. The monoisotopic (exact) mass is 302 g/mol. The summed E-state index contributed by atoms with van der Waals surface area (Å²) in [4.78, 5) is 11.9. The van der Waals surface area contributed by atoms with Crippen molar-refractivity contribution >= 4 is 5.97 Å². The first-order valence-electron chi connectivity index (χ1n) is 6.58. The molecular formula is C15H17F3O3. The molecule has 2 unspecified atom stereocenters. The third-order valence-electron chi connectivity index (χ3n) is 3.36. The van der Waals surface area contributed by atoms with Crippen LogP contribution in [0.1, 0.15) is 42.6 Å². The Hall–Kier alpha value is -1.56. The van der Waals surface area contributed by atoms with Crippen LogP contribution in [0.25, 0.3) is 0 Å². The standard InChI is InChI=1S/C15H17F3O3/c1-14(2,3)11-9-6-4-5-7-10(9)12(19)21-13(11)20-8-15(16,17)18/h4-7,11,13H,8H2,1-3H3. The lowest BCUT2D eigenvalue weighted by Gasteiger charge is -2.40. The molecule has 3 nitrogen and oxygen atoms in total. The predicted molar refractivity (Wildman–Crippen MR) is 69.8 cm³/mol. The van der Waals surface area contributed by atoms with Crippen molar-refractivity contribution < 1.29 is 27.4 Å². The quantitative estimate of drug-likeness (QED) is 0.777. The zero-order chi connectivity index (χ0) is 15.8. The summed E-state index contributed by atoms with van der Waals surface area (Å²) in [7, 11) is 0. The Morgan fingerprint density at radius 1 is 1.19 bits per heavy atom. The van der Waals surface area contributed by atoms with Crippen molar-refractivity contribution in [2.75, 3.05) is 6.61 Å². The number of carbonyl (C=O) groups excluding carboxylic acids is 1. The van der Waals surface area contributed by atoms with Crippen LogP contribution in [-0.2, 0) is 9.47 Å². The summed E-state index contributed by atoms with van der Waals surface area (Å²) >= 11 is 0. The van der Waals surface area contributed by atoms with Crippen molar-refractivity contribution in [1.29, 1.82) is 0 Å². The third kappa shape index (κ3) is 3.56. The van der Waals surface area contributed by atoms with Gasteiger partial charge in [-0.1, -0.05) is 39.0 Å². The first-order chi connectivity index (χ1) is 9.59. The number of ether oxygens (including phenoxy) is 2. The van der Waals surface area contributed by atoms with E-state index in [4.69, 9.17) is 9.47 Å². The Bertz CT molecular complexity index is 532. The third-order valence-corrected chi connectivity index (χ3v) is 3.36. The van der Waals surface area contributed by atoms with Gasteiger partial charge in [0.2, 0.25) is 6.29 Å². The van der Waals surface area contributed by atoms with Crippen LogP contribution in [0, 0.1) is 5.41 Å². The number of rotatable bonds is 2. The number of fused-ring (bicyclic) bond motifs is 1. The molecule has 1 aliphatic rings. The fourth-order valence-electron chi connectivity index (χ4n) is 2.52. The minimum Gasteiger partial charge on any atom is -0.431 e. The molecule has 1 heterocycles. The molecule has 1 aliphatic heterocycles. The number of benzene rings is 1. The lowest BCUT2D eigenvalue weighted by atomic mass is 9.73. The van der Waals surface area contributed by atoms with Crippen LogP contribution in [0.5, 0.6) is 0 Å². The molecule has 0 saturated carbocycles. The minimum absolute atomic E-state index is 0.379. The van der Waals surface area contributed by atoms with Crippen molar-refractivity contribution in [2.24, 2.45) is 5.41 Å². The highest BCUT2D eigenvalue weighted by atomic mass is 19.4. The number of alkyl halides is 3. The van der Waals surface area contributed by atoms with E-state index in [1.54, 1.807) is 24.3 Å². The summed E-state index contributed by atoms with van der Waals surface area (Å²) in [5.74, 6) is -1.12. The zero-order valence-corrected chi connectivity index (χ0v) is 12.0. The van der Waals surface area contributed by atoms with Crippen LogP contribution in [0.4, 0.5) is 13.2 Å². The van der Waals surface area contributed by atoms with Crippen LogP contribution >= 0.6 is 0 Å². The number of halogens is 3. The van der Waals surface area contributed by atoms with Gasteiger partial charge < -0.3 is 9.47 Å². The molecule has 2 rings (SSSR count). The fraction of sp³-hybridized carbons (Fsp3) is 0.533. The van der Waals surface area contributed by atoms with Gasteiger partial charge >= 0.3 is 12.1 Å². The van der Waals surface area contributed by atoms with Gasteiger partial charge in [0.25, 0.3) is 0 Å². The number of cyclic esters (lactones) is 1. The van der Waals surface area contributed by atoms with Crippen LogP contribution in [0.2, 0.25) is 0 Å². The van der Waals surface area contributed by atoms with E-state index in [1.807, 2.05) is 20.8 Å². The fourth-order valence-corrected chi connectivity index (χ4v) is 2.52. The van der Waals surface area contributed by atoms with Gasteiger partial charge in [0.05, 0.1) is 11.5 Å². The van der Waals surface area contributed by atoms with Gasteiger partial charge in [-0.25, -0.2) is 4.79 Å². The summed E-state index contributed by atoms with van der Waals surface area (Å²) in [5.41, 5.74) is 0.616. The first kappa shape index (κ1) is 15.8. The second kappa shape index (κ2) is 5.33. The van der Waals surface area contributed by atoms with E-state index in [0.717, 1.165) is 0 Å². The summed E-state index contributed by atoms with van der Waals surface area (Å²) in [6.07, 6.45) is -5.71. The minimum atomic E-state index is -4.47. The lowest BCUT2D eigenvalue weighted by Crippen LogP contribution is -2.42. The molecule has 0 fully saturated rings. The van der Waals surface area contributed by atoms with E-state index in [-0.39, 0.29) is 0 Å². The zero-order valence-electron chi connectivity index (χ0n) is 12.0. The maximum absolute atomic E-state index is 12.4. The largest absolute Gasteiger partial charge is 0.431 e. The lowest BCUT2D eigenvalue weighted by molar-refractivity contribution is -0.229. The van der Waals surface area contributed by atoms with E-state index < -0.39 is 36.4 Å². The smallest absolute Gasteiger partial charge is 0.411 e. The Labute approximate surface area is 121 Å². The molecule has 0 radical (unpaired) electrons. The molecule has 1 aromatic rings. The summed E-state index contributed by atoms with van der Waals surface area (Å²) < 4.78 is 47.0. The Morgan fingerprint density at radius 2 is 1.81 bits per heavy atom. The maximum Gasteiger partial charge on any atom is 0.411 e. The summed E-state index contributed by atoms with van der Waals surface area (Å²) in [6.45, 7) is 4.17. The average molecular weight is 302 g/mol.